The lowest BCUT2D eigenvalue weighted by molar-refractivity contribution is -0.123. The molecule has 17 heavy (non-hydrogen) atoms. The molecule has 0 bridgehead atoms. The van der Waals surface area contributed by atoms with Crippen LogP contribution in [-0.4, -0.2) is 5.91 Å². The molecular weight excluding hydrogens is 210 g/mol. The SMILES string of the molecule is CC(C)C(=O)NC1=CCC2CCC[C@@H](C)C2=C1. The van der Waals surface area contributed by atoms with Crippen LogP contribution in [-0.2, 0) is 4.79 Å². The Bertz CT molecular complexity index is 365. The summed E-state index contributed by atoms with van der Waals surface area (Å²) in [6.07, 6.45) is 9.48. The van der Waals surface area contributed by atoms with Crippen LogP contribution in [0, 0.1) is 17.8 Å². The molecule has 1 fully saturated rings. The van der Waals surface area contributed by atoms with E-state index in [4.69, 9.17) is 0 Å². The number of amides is 1. The lowest BCUT2D eigenvalue weighted by Gasteiger charge is -2.33. The number of rotatable bonds is 2. The topological polar surface area (TPSA) is 29.1 Å². The van der Waals surface area contributed by atoms with Crippen LogP contribution in [0.2, 0.25) is 0 Å². The van der Waals surface area contributed by atoms with Gasteiger partial charge in [-0.1, -0.05) is 38.8 Å². The first kappa shape index (κ1) is 12.4. The van der Waals surface area contributed by atoms with Gasteiger partial charge in [-0.3, -0.25) is 4.79 Å². The second-order valence-electron chi connectivity index (χ2n) is 5.71. The molecule has 1 amide bonds. The summed E-state index contributed by atoms with van der Waals surface area (Å²) in [6.45, 7) is 6.17. The molecule has 2 heteroatoms. The van der Waals surface area contributed by atoms with Crippen molar-refractivity contribution in [1.82, 2.24) is 5.32 Å². The van der Waals surface area contributed by atoms with E-state index in [1.807, 2.05) is 13.8 Å². The monoisotopic (exact) mass is 233 g/mol. The summed E-state index contributed by atoms with van der Waals surface area (Å²) in [4.78, 5) is 11.7. The van der Waals surface area contributed by atoms with Crippen LogP contribution in [0.4, 0.5) is 0 Å². The molecule has 1 unspecified atom stereocenters. The maximum atomic E-state index is 11.7. The zero-order chi connectivity index (χ0) is 12.4. The lowest BCUT2D eigenvalue weighted by Crippen LogP contribution is -2.29. The molecule has 0 heterocycles. The number of carbonyl (C=O) groups excluding carboxylic acids is 1. The van der Waals surface area contributed by atoms with Crippen molar-refractivity contribution in [3.8, 4) is 0 Å². The quantitative estimate of drug-likeness (QED) is 0.778. The number of fused-ring (bicyclic) bond motifs is 1. The molecule has 0 aromatic heterocycles. The van der Waals surface area contributed by atoms with Gasteiger partial charge in [0.05, 0.1) is 0 Å². The molecule has 2 nitrogen and oxygen atoms in total. The number of allylic oxidation sites excluding steroid dienone is 3. The van der Waals surface area contributed by atoms with E-state index >= 15 is 0 Å². The van der Waals surface area contributed by atoms with Gasteiger partial charge >= 0.3 is 0 Å². The lowest BCUT2D eigenvalue weighted by atomic mass is 9.74. The molecule has 0 aromatic carbocycles. The Morgan fingerprint density at radius 1 is 1.41 bits per heavy atom. The molecule has 0 aromatic rings. The van der Waals surface area contributed by atoms with E-state index in [-0.39, 0.29) is 11.8 Å². The van der Waals surface area contributed by atoms with Gasteiger partial charge in [0.15, 0.2) is 0 Å². The average molecular weight is 233 g/mol. The third kappa shape index (κ3) is 2.80. The Morgan fingerprint density at radius 3 is 2.88 bits per heavy atom. The molecule has 2 aliphatic rings. The summed E-state index contributed by atoms with van der Waals surface area (Å²) >= 11 is 0. The van der Waals surface area contributed by atoms with E-state index in [0.717, 1.165) is 18.0 Å². The fourth-order valence-electron chi connectivity index (χ4n) is 2.80. The number of carbonyl (C=O) groups is 1. The molecule has 94 valence electrons. The molecule has 0 radical (unpaired) electrons. The summed E-state index contributed by atoms with van der Waals surface area (Å²) in [5.74, 6) is 1.60. The standard InChI is InChI=1S/C15H23NO/c1-10(2)15(17)16-13-8-7-12-6-4-5-11(3)14(12)9-13/h8-12H,4-7H2,1-3H3,(H,16,17)/t11-,12?/m1/s1. The second kappa shape index (κ2) is 5.07. The van der Waals surface area contributed by atoms with Gasteiger partial charge in [0, 0.05) is 11.6 Å². The second-order valence-corrected chi connectivity index (χ2v) is 5.71. The van der Waals surface area contributed by atoms with Crippen molar-refractivity contribution in [2.75, 3.05) is 0 Å². The molecule has 0 saturated heterocycles. The summed E-state index contributed by atoms with van der Waals surface area (Å²) in [7, 11) is 0. The smallest absolute Gasteiger partial charge is 0.226 e. The first-order valence-electron chi connectivity index (χ1n) is 6.80. The van der Waals surface area contributed by atoms with E-state index in [1.54, 1.807) is 5.57 Å². The van der Waals surface area contributed by atoms with Gasteiger partial charge in [-0.2, -0.15) is 0 Å². The summed E-state index contributed by atoms with van der Waals surface area (Å²) in [5.41, 5.74) is 2.57. The number of nitrogens with one attached hydrogen (secondary N) is 1. The number of hydrogen-bond acceptors (Lipinski definition) is 1. The van der Waals surface area contributed by atoms with Crippen molar-refractivity contribution in [3.63, 3.8) is 0 Å². The minimum Gasteiger partial charge on any atom is -0.326 e. The molecule has 2 rings (SSSR count). The Labute approximate surface area is 104 Å². The highest BCUT2D eigenvalue weighted by Crippen LogP contribution is 2.39. The molecule has 1 N–H and O–H groups in total. The number of hydrogen-bond donors (Lipinski definition) is 1. The maximum Gasteiger partial charge on any atom is 0.226 e. The zero-order valence-electron chi connectivity index (χ0n) is 11.1. The van der Waals surface area contributed by atoms with E-state index in [9.17, 15) is 4.79 Å². The van der Waals surface area contributed by atoms with E-state index in [2.05, 4.69) is 24.4 Å². The van der Waals surface area contributed by atoms with Gasteiger partial charge in [-0.05, 0) is 37.2 Å². The van der Waals surface area contributed by atoms with Crippen molar-refractivity contribution in [2.24, 2.45) is 17.8 Å². The first-order chi connectivity index (χ1) is 8.08. The highest BCUT2D eigenvalue weighted by atomic mass is 16.1. The van der Waals surface area contributed by atoms with Crippen molar-refractivity contribution < 1.29 is 4.79 Å². The third-order valence-electron chi connectivity index (χ3n) is 3.97. The maximum absolute atomic E-state index is 11.7. The Kier molecular flexibility index (Phi) is 3.70. The molecule has 2 atom stereocenters. The fourth-order valence-corrected chi connectivity index (χ4v) is 2.80. The normalized spacial score (nSPS) is 28.2. The van der Waals surface area contributed by atoms with Gasteiger partial charge in [0.1, 0.15) is 0 Å². The van der Waals surface area contributed by atoms with Gasteiger partial charge in [-0.15, -0.1) is 0 Å². The highest BCUT2D eigenvalue weighted by molar-refractivity contribution is 5.80. The molecular formula is C15H23NO. The van der Waals surface area contributed by atoms with E-state index in [1.165, 1.54) is 19.3 Å². The predicted molar refractivity (Wildman–Crippen MR) is 70.3 cm³/mol. The fraction of sp³-hybridized carbons (Fsp3) is 0.667. The van der Waals surface area contributed by atoms with Crippen molar-refractivity contribution in [1.29, 1.82) is 0 Å². The minimum atomic E-state index is 0.0517. The largest absolute Gasteiger partial charge is 0.326 e. The van der Waals surface area contributed by atoms with Gasteiger partial charge in [0.2, 0.25) is 5.91 Å². The van der Waals surface area contributed by atoms with Crippen molar-refractivity contribution in [2.45, 2.75) is 46.5 Å². The van der Waals surface area contributed by atoms with Crippen LogP contribution < -0.4 is 5.32 Å². The van der Waals surface area contributed by atoms with E-state index in [0.29, 0.717) is 5.92 Å². The van der Waals surface area contributed by atoms with Gasteiger partial charge in [-0.25, -0.2) is 0 Å². The summed E-state index contributed by atoms with van der Waals surface area (Å²) in [6, 6.07) is 0. The average Bonchev–Trinajstić information content (AvgIpc) is 2.30. The van der Waals surface area contributed by atoms with Crippen LogP contribution in [0.25, 0.3) is 0 Å². The Balaban J connectivity index is 2.07. The molecule has 2 aliphatic carbocycles. The summed E-state index contributed by atoms with van der Waals surface area (Å²) in [5, 5.41) is 3.02. The zero-order valence-corrected chi connectivity index (χ0v) is 11.1. The van der Waals surface area contributed by atoms with Crippen molar-refractivity contribution >= 4 is 5.91 Å². The minimum absolute atomic E-state index is 0.0517. The predicted octanol–water partition coefficient (Wildman–Crippen LogP) is 3.41. The summed E-state index contributed by atoms with van der Waals surface area (Å²) < 4.78 is 0. The molecule has 0 aliphatic heterocycles. The van der Waals surface area contributed by atoms with Crippen LogP contribution >= 0.6 is 0 Å². The van der Waals surface area contributed by atoms with Crippen LogP contribution in [0.15, 0.2) is 23.4 Å². The van der Waals surface area contributed by atoms with Gasteiger partial charge in [0.25, 0.3) is 0 Å². The third-order valence-corrected chi connectivity index (χ3v) is 3.97. The van der Waals surface area contributed by atoms with Crippen LogP contribution in [0.1, 0.15) is 46.5 Å². The molecule has 0 spiro atoms. The van der Waals surface area contributed by atoms with E-state index < -0.39 is 0 Å². The highest BCUT2D eigenvalue weighted by Gasteiger charge is 2.26. The Hall–Kier alpha value is -1.05. The molecule has 1 saturated carbocycles. The van der Waals surface area contributed by atoms with Crippen LogP contribution in [0.3, 0.4) is 0 Å². The van der Waals surface area contributed by atoms with Crippen molar-refractivity contribution in [3.05, 3.63) is 23.4 Å². The van der Waals surface area contributed by atoms with Gasteiger partial charge < -0.3 is 5.32 Å². The Morgan fingerprint density at radius 2 is 2.18 bits per heavy atom. The first-order valence-corrected chi connectivity index (χ1v) is 6.80. The van der Waals surface area contributed by atoms with Crippen LogP contribution in [0.5, 0.6) is 0 Å².